The number of benzene rings is 1. The molecule has 0 fully saturated rings. The van der Waals surface area contributed by atoms with E-state index < -0.39 is 4.92 Å². The second kappa shape index (κ2) is 4.65. The molecule has 0 spiro atoms. The molecule has 17 heavy (non-hydrogen) atoms. The number of hydrogen-bond donors (Lipinski definition) is 0. The van der Waals surface area contributed by atoms with Gasteiger partial charge >= 0.3 is 0 Å². The Balaban J connectivity index is 2.44. The van der Waals surface area contributed by atoms with Crippen LogP contribution < -0.4 is 0 Å². The molecule has 4 nitrogen and oxygen atoms in total. The van der Waals surface area contributed by atoms with Crippen LogP contribution in [-0.2, 0) is 0 Å². The number of carbonyl (C=O) groups is 1. The first kappa shape index (κ1) is 11.8. The standard InChI is InChI=1S/C11H6ClNO3S/c12-8-4-3-7(6-9(8)13(15)16)11(14)10-2-1-5-17-10/h1-6H. The summed E-state index contributed by atoms with van der Waals surface area (Å²) >= 11 is 6.96. The fraction of sp³-hybridized carbons (Fsp3) is 0. The first-order chi connectivity index (χ1) is 8.09. The lowest BCUT2D eigenvalue weighted by Gasteiger charge is -1.99. The highest BCUT2D eigenvalue weighted by Gasteiger charge is 2.17. The summed E-state index contributed by atoms with van der Waals surface area (Å²) in [4.78, 5) is 22.6. The summed E-state index contributed by atoms with van der Waals surface area (Å²) in [5, 5.41) is 12.5. The Bertz CT molecular complexity index is 580. The topological polar surface area (TPSA) is 60.2 Å². The minimum Gasteiger partial charge on any atom is -0.288 e. The van der Waals surface area contributed by atoms with Crippen LogP contribution in [0.1, 0.15) is 15.2 Å². The molecule has 0 N–H and O–H groups in total. The van der Waals surface area contributed by atoms with E-state index in [0.29, 0.717) is 4.88 Å². The van der Waals surface area contributed by atoms with E-state index >= 15 is 0 Å². The van der Waals surface area contributed by atoms with Gasteiger partial charge in [0.2, 0.25) is 5.78 Å². The summed E-state index contributed by atoms with van der Waals surface area (Å²) in [6.45, 7) is 0. The van der Waals surface area contributed by atoms with Crippen LogP contribution in [0.2, 0.25) is 5.02 Å². The molecular weight excluding hydrogens is 262 g/mol. The molecular formula is C11H6ClNO3S. The highest BCUT2D eigenvalue weighted by Crippen LogP contribution is 2.26. The number of nitrogens with zero attached hydrogens (tertiary/aromatic N) is 1. The highest BCUT2D eigenvalue weighted by atomic mass is 35.5. The quantitative estimate of drug-likeness (QED) is 0.485. The smallest absolute Gasteiger partial charge is 0.288 e. The zero-order chi connectivity index (χ0) is 12.4. The molecule has 2 aromatic rings. The largest absolute Gasteiger partial charge is 0.288 e. The zero-order valence-corrected chi connectivity index (χ0v) is 9.99. The molecule has 0 saturated carbocycles. The monoisotopic (exact) mass is 267 g/mol. The molecule has 0 saturated heterocycles. The van der Waals surface area contributed by atoms with Gasteiger partial charge in [0.1, 0.15) is 5.02 Å². The van der Waals surface area contributed by atoms with Crippen molar-refractivity contribution in [1.82, 2.24) is 0 Å². The van der Waals surface area contributed by atoms with Gasteiger partial charge in [0.15, 0.2) is 0 Å². The highest BCUT2D eigenvalue weighted by molar-refractivity contribution is 7.12. The van der Waals surface area contributed by atoms with Crippen molar-refractivity contribution in [3.05, 3.63) is 61.3 Å². The predicted octanol–water partition coefficient (Wildman–Crippen LogP) is 3.54. The van der Waals surface area contributed by atoms with Crippen LogP contribution in [-0.4, -0.2) is 10.7 Å². The molecule has 2 rings (SSSR count). The van der Waals surface area contributed by atoms with Crippen molar-refractivity contribution in [3.63, 3.8) is 0 Å². The van der Waals surface area contributed by atoms with Crippen LogP contribution in [0.3, 0.4) is 0 Å². The number of carbonyl (C=O) groups excluding carboxylic acids is 1. The van der Waals surface area contributed by atoms with Crippen molar-refractivity contribution in [2.24, 2.45) is 0 Å². The summed E-state index contributed by atoms with van der Waals surface area (Å²) in [6.07, 6.45) is 0. The summed E-state index contributed by atoms with van der Waals surface area (Å²) in [5.41, 5.74) is 0.0117. The molecule has 0 aliphatic heterocycles. The normalized spacial score (nSPS) is 10.2. The number of thiophene rings is 1. The van der Waals surface area contributed by atoms with Crippen LogP contribution in [0, 0.1) is 10.1 Å². The molecule has 6 heteroatoms. The van der Waals surface area contributed by atoms with Gasteiger partial charge < -0.3 is 0 Å². The fourth-order valence-electron chi connectivity index (χ4n) is 1.34. The third-order valence-electron chi connectivity index (χ3n) is 2.15. The molecule has 0 radical (unpaired) electrons. The summed E-state index contributed by atoms with van der Waals surface area (Å²) in [7, 11) is 0. The van der Waals surface area contributed by atoms with E-state index in [1.807, 2.05) is 0 Å². The maximum absolute atomic E-state index is 11.9. The second-order valence-corrected chi connectivity index (χ2v) is 4.58. The lowest BCUT2D eigenvalue weighted by molar-refractivity contribution is -0.384. The SMILES string of the molecule is O=C(c1ccc(Cl)c([N+](=O)[O-])c1)c1cccs1. The molecule has 0 aliphatic carbocycles. The Hall–Kier alpha value is -1.72. The molecule has 0 atom stereocenters. The van der Waals surface area contributed by atoms with E-state index in [1.54, 1.807) is 17.5 Å². The number of nitro groups is 1. The van der Waals surface area contributed by atoms with Crippen LogP contribution in [0.15, 0.2) is 35.7 Å². The molecule has 0 bridgehead atoms. The van der Waals surface area contributed by atoms with Crippen molar-refractivity contribution in [3.8, 4) is 0 Å². The van der Waals surface area contributed by atoms with Crippen molar-refractivity contribution >= 4 is 34.4 Å². The van der Waals surface area contributed by atoms with Gasteiger partial charge in [0, 0.05) is 11.6 Å². The van der Waals surface area contributed by atoms with Gasteiger partial charge in [-0.05, 0) is 23.6 Å². The van der Waals surface area contributed by atoms with Crippen LogP contribution in [0.5, 0.6) is 0 Å². The average molecular weight is 268 g/mol. The predicted molar refractivity (Wildman–Crippen MR) is 65.9 cm³/mol. The number of hydrogen-bond acceptors (Lipinski definition) is 4. The Morgan fingerprint density at radius 1 is 1.35 bits per heavy atom. The fourth-order valence-corrected chi connectivity index (χ4v) is 2.22. The van der Waals surface area contributed by atoms with Gasteiger partial charge in [0.05, 0.1) is 9.80 Å². The van der Waals surface area contributed by atoms with E-state index in [0.717, 1.165) is 0 Å². The van der Waals surface area contributed by atoms with Crippen molar-refractivity contribution < 1.29 is 9.72 Å². The van der Waals surface area contributed by atoms with Gasteiger partial charge in [0.25, 0.3) is 5.69 Å². The molecule has 0 aliphatic rings. The van der Waals surface area contributed by atoms with E-state index in [-0.39, 0.29) is 22.1 Å². The van der Waals surface area contributed by atoms with Gasteiger partial charge in [-0.15, -0.1) is 11.3 Å². The molecule has 0 amide bonds. The molecule has 1 aromatic heterocycles. The number of nitro benzene ring substituents is 1. The molecule has 1 heterocycles. The lowest BCUT2D eigenvalue weighted by atomic mass is 10.1. The third kappa shape index (κ3) is 2.35. The van der Waals surface area contributed by atoms with Gasteiger partial charge in [-0.3, -0.25) is 14.9 Å². The van der Waals surface area contributed by atoms with Crippen LogP contribution in [0.25, 0.3) is 0 Å². The van der Waals surface area contributed by atoms with Crippen molar-refractivity contribution in [2.45, 2.75) is 0 Å². The van der Waals surface area contributed by atoms with Gasteiger partial charge in [-0.25, -0.2) is 0 Å². The first-order valence-electron chi connectivity index (χ1n) is 4.62. The summed E-state index contributed by atoms with van der Waals surface area (Å²) in [5.74, 6) is -0.236. The minimum atomic E-state index is -0.604. The second-order valence-electron chi connectivity index (χ2n) is 3.23. The van der Waals surface area contributed by atoms with E-state index in [1.165, 1.54) is 29.5 Å². The van der Waals surface area contributed by atoms with Gasteiger partial charge in [-0.2, -0.15) is 0 Å². The van der Waals surface area contributed by atoms with Crippen LogP contribution in [0.4, 0.5) is 5.69 Å². The Morgan fingerprint density at radius 3 is 2.71 bits per heavy atom. The van der Waals surface area contributed by atoms with E-state index in [9.17, 15) is 14.9 Å². The molecule has 0 unspecified atom stereocenters. The zero-order valence-electron chi connectivity index (χ0n) is 8.42. The lowest BCUT2D eigenvalue weighted by Crippen LogP contribution is -2.00. The maximum atomic E-state index is 11.9. The first-order valence-corrected chi connectivity index (χ1v) is 5.87. The van der Waals surface area contributed by atoms with E-state index in [2.05, 4.69) is 0 Å². The van der Waals surface area contributed by atoms with Crippen molar-refractivity contribution in [2.75, 3.05) is 0 Å². The van der Waals surface area contributed by atoms with Gasteiger partial charge in [-0.1, -0.05) is 17.7 Å². The maximum Gasteiger partial charge on any atom is 0.288 e. The molecule has 1 aromatic carbocycles. The Morgan fingerprint density at radius 2 is 2.12 bits per heavy atom. The Kier molecular flexibility index (Phi) is 3.21. The number of ketones is 1. The average Bonchev–Trinajstić information content (AvgIpc) is 2.81. The number of rotatable bonds is 3. The molecule has 86 valence electrons. The van der Waals surface area contributed by atoms with E-state index in [4.69, 9.17) is 11.6 Å². The summed E-state index contributed by atoms with van der Waals surface area (Å²) < 4.78 is 0. The van der Waals surface area contributed by atoms with Crippen molar-refractivity contribution in [1.29, 1.82) is 0 Å². The Labute approximate surface area is 106 Å². The number of halogens is 1. The minimum absolute atomic E-state index is 0.0257. The third-order valence-corrected chi connectivity index (χ3v) is 3.34. The summed E-state index contributed by atoms with van der Waals surface area (Å²) in [6, 6.07) is 7.47. The van der Waals surface area contributed by atoms with Crippen LogP contribution >= 0.6 is 22.9 Å².